The molecule has 1 fully saturated rings. The van der Waals surface area contributed by atoms with Gasteiger partial charge in [0.1, 0.15) is 0 Å². The summed E-state index contributed by atoms with van der Waals surface area (Å²) in [4.78, 5) is 11.8. The fraction of sp³-hybridized carbons (Fsp3) is 0.172. The highest BCUT2D eigenvalue weighted by Gasteiger charge is 2.25. The van der Waals surface area contributed by atoms with Gasteiger partial charge in [-0.1, -0.05) is 60.1 Å². The Labute approximate surface area is 232 Å². The average molecular weight is 559 g/mol. The zero-order chi connectivity index (χ0) is 27.0. The number of likely N-dealkylation sites (tertiary alicyclic amines) is 1. The van der Waals surface area contributed by atoms with E-state index in [2.05, 4.69) is 27.3 Å². The molecule has 0 unspecified atom stereocenters. The topological polar surface area (TPSA) is 106 Å². The van der Waals surface area contributed by atoms with Crippen LogP contribution in [0.1, 0.15) is 12.0 Å². The second kappa shape index (κ2) is 10.3. The molecule has 0 amide bonds. The number of para-hydroxylation sites is 1. The van der Waals surface area contributed by atoms with E-state index < -0.39 is 10.0 Å². The second-order valence-electron chi connectivity index (χ2n) is 9.67. The highest BCUT2D eigenvalue weighted by atomic mass is 35.5. The number of nitrogens with one attached hydrogen (secondary N) is 1. The summed E-state index contributed by atoms with van der Waals surface area (Å²) in [6, 6.07) is 23.8. The maximum atomic E-state index is 13.5. The minimum atomic E-state index is -3.83. The molecule has 3 heterocycles. The monoisotopic (exact) mass is 558 g/mol. The van der Waals surface area contributed by atoms with Crippen molar-refractivity contribution in [2.75, 3.05) is 24.1 Å². The summed E-state index contributed by atoms with van der Waals surface area (Å²) in [5, 5.41) is 4.53. The Hall–Kier alpha value is -3.92. The molecular formula is C29H27ClN6O2S. The predicted octanol–water partition coefficient (Wildman–Crippen LogP) is 5.26. The summed E-state index contributed by atoms with van der Waals surface area (Å²) in [5.74, 6) is 0.455. The minimum Gasteiger partial charge on any atom is -0.399 e. The van der Waals surface area contributed by atoms with E-state index in [9.17, 15) is 8.42 Å². The molecule has 39 heavy (non-hydrogen) atoms. The second-order valence-corrected chi connectivity index (χ2v) is 11.9. The molecule has 10 heteroatoms. The van der Waals surface area contributed by atoms with Gasteiger partial charge in [-0.2, -0.15) is 0 Å². The zero-order valence-electron chi connectivity index (χ0n) is 21.0. The van der Waals surface area contributed by atoms with Crippen LogP contribution in [0.2, 0.25) is 5.02 Å². The lowest BCUT2D eigenvalue weighted by molar-refractivity contribution is 0.328. The molecule has 5 aromatic rings. The molecule has 1 aliphatic heterocycles. The number of halogens is 1. The third kappa shape index (κ3) is 5.08. The number of fused-ring (bicyclic) bond motifs is 1. The highest BCUT2D eigenvalue weighted by molar-refractivity contribution is 7.90. The molecule has 0 bridgehead atoms. The normalized spacial score (nSPS) is 16.1. The molecule has 0 aliphatic carbocycles. The van der Waals surface area contributed by atoms with Crippen molar-refractivity contribution in [1.29, 1.82) is 0 Å². The van der Waals surface area contributed by atoms with E-state index in [1.807, 2.05) is 30.3 Å². The van der Waals surface area contributed by atoms with Gasteiger partial charge < -0.3 is 11.1 Å². The first kappa shape index (κ1) is 25.4. The van der Waals surface area contributed by atoms with Crippen LogP contribution in [0.3, 0.4) is 0 Å². The van der Waals surface area contributed by atoms with Crippen molar-refractivity contribution in [3.63, 3.8) is 0 Å². The Morgan fingerprint density at radius 1 is 1.00 bits per heavy atom. The molecule has 6 rings (SSSR count). The first-order valence-electron chi connectivity index (χ1n) is 12.7. The summed E-state index contributed by atoms with van der Waals surface area (Å²) in [5.41, 5.74) is 9.44. The molecule has 8 nitrogen and oxygen atoms in total. The third-order valence-electron chi connectivity index (χ3n) is 6.97. The summed E-state index contributed by atoms with van der Waals surface area (Å²) >= 11 is 6.58. The Morgan fingerprint density at radius 3 is 2.54 bits per heavy atom. The Kier molecular flexibility index (Phi) is 6.72. The van der Waals surface area contributed by atoms with E-state index in [1.54, 1.807) is 48.8 Å². The molecule has 1 aliphatic rings. The first-order valence-corrected chi connectivity index (χ1v) is 14.5. The van der Waals surface area contributed by atoms with Gasteiger partial charge in [0, 0.05) is 48.5 Å². The highest BCUT2D eigenvalue weighted by Crippen LogP contribution is 2.36. The number of benzene rings is 3. The van der Waals surface area contributed by atoms with Crippen molar-refractivity contribution in [2.24, 2.45) is 0 Å². The van der Waals surface area contributed by atoms with Gasteiger partial charge in [-0.25, -0.2) is 22.4 Å². The number of hydrogen-bond donors (Lipinski definition) is 2. The maximum Gasteiger partial charge on any atom is 0.268 e. The van der Waals surface area contributed by atoms with Gasteiger partial charge in [0.15, 0.2) is 0 Å². The van der Waals surface area contributed by atoms with Crippen molar-refractivity contribution < 1.29 is 8.42 Å². The number of nitrogens with zero attached hydrogens (tertiary/aromatic N) is 4. The number of rotatable bonds is 7. The van der Waals surface area contributed by atoms with Crippen molar-refractivity contribution in [3.8, 4) is 11.3 Å². The van der Waals surface area contributed by atoms with E-state index in [1.165, 1.54) is 9.54 Å². The standard InChI is InChI=1S/C29H27ClN6O2S/c30-26-16-32-29(33-22-14-15-35(18-22)17-20-10-12-21(31)13-11-20)34-28(26)25-19-36(27-9-5-4-8-24(25)27)39(37,38)23-6-2-1-3-7-23/h1-13,16,19,22H,14-15,17-18,31H2,(H,32,33,34)/t22-/m1/s1. The summed E-state index contributed by atoms with van der Waals surface area (Å²) in [7, 11) is -3.83. The Balaban J connectivity index is 1.28. The number of nitrogen functional groups attached to an aromatic ring is 1. The van der Waals surface area contributed by atoms with Gasteiger partial charge in [-0.3, -0.25) is 4.90 Å². The van der Waals surface area contributed by atoms with Crippen LogP contribution in [-0.2, 0) is 16.6 Å². The quantitative estimate of drug-likeness (QED) is 0.262. The number of hydrogen-bond acceptors (Lipinski definition) is 7. The predicted molar refractivity (Wildman–Crippen MR) is 155 cm³/mol. The minimum absolute atomic E-state index is 0.174. The molecule has 1 atom stereocenters. The van der Waals surface area contributed by atoms with Gasteiger partial charge in [0.25, 0.3) is 10.0 Å². The zero-order valence-corrected chi connectivity index (χ0v) is 22.6. The van der Waals surface area contributed by atoms with Gasteiger partial charge in [0.05, 0.1) is 27.3 Å². The van der Waals surface area contributed by atoms with Crippen LogP contribution >= 0.6 is 11.6 Å². The summed E-state index contributed by atoms with van der Waals surface area (Å²) < 4.78 is 28.3. The lowest BCUT2D eigenvalue weighted by Crippen LogP contribution is -2.26. The van der Waals surface area contributed by atoms with Gasteiger partial charge >= 0.3 is 0 Å². The van der Waals surface area contributed by atoms with Crippen LogP contribution in [-0.4, -0.2) is 46.4 Å². The first-order chi connectivity index (χ1) is 18.9. The van der Waals surface area contributed by atoms with E-state index in [0.717, 1.165) is 37.1 Å². The Morgan fingerprint density at radius 2 is 1.74 bits per heavy atom. The van der Waals surface area contributed by atoms with Crippen LogP contribution in [0.15, 0.2) is 96.2 Å². The summed E-state index contributed by atoms with van der Waals surface area (Å²) in [6.07, 6.45) is 4.10. The van der Waals surface area contributed by atoms with Crippen LogP contribution in [0, 0.1) is 0 Å². The maximum absolute atomic E-state index is 13.5. The number of anilines is 2. The van der Waals surface area contributed by atoms with Gasteiger partial charge in [-0.15, -0.1) is 0 Å². The molecule has 198 valence electrons. The van der Waals surface area contributed by atoms with Crippen LogP contribution in [0.5, 0.6) is 0 Å². The lowest BCUT2D eigenvalue weighted by Gasteiger charge is -2.17. The fourth-order valence-corrected chi connectivity index (χ4v) is 6.61. The largest absolute Gasteiger partial charge is 0.399 e. The number of nitrogens with two attached hydrogens (primary N) is 1. The molecular weight excluding hydrogens is 532 g/mol. The van der Waals surface area contributed by atoms with Crippen molar-refractivity contribution in [2.45, 2.75) is 23.9 Å². The SMILES string of the molecule is Nc1ccc(CN2CC[C@@H](Nc3ncc(Cl)c(-c4cn(S(=O)(=O)c5ccccc5)c5ccccc45)n3)C2)cc1. The molecule has 1 saturated heterocycles. The average Bonchev–Trinajstić information content (AvgIpc) is 3.56. The van der Waals surface area contributed by atoms with E-state index in [-0.39, 0.29) is 10.9 Å². The van der Waals surface area contributed by atoms with Crippen LogP contribution < -0.4 is 11.1 Å². The smallest absolute Gasteiger partial charge is 0.268 e. The number of aromatic nitrogens is 3. The third-order valence-corrected chi connectivity index (χ3v) is 8.93. The molecule has 0 radical (unpaired) electrons. The van der Waals surface area contributed by atoms with Crippen molar-refractivity contribution >= 4 is 44.2 Å². The van der Waals surface area contributed by atoms with Crippen molar-refractivity contribution in [3.05, 3.63) is 102 Å². The van der Waals surface area contributed by atoms with Gasteiger partial charge in [0.2, 0.25) is 5.95 Å². The lowest BCUT2D eigenvalue weighted by atomic mass is 10.1. The van der Waals surface area contributed by atoms with Crippen molar-refractivity contribution in [1.82, 2.24) is 18.8 Å². The molecule has 0 saturated carbocycles. The van der Waals surface area contributed by atoms with E-state index in [0.29, 0.717) is 27.7 Å². The molecule has 0 spiro atoms. The summed E-state index contributed by atoms with van der Waals surface area (Å²) in [6.45, 7) is 2.65. The fourth-order valence-electron chi connectivity index (χ4n) is 5.03. The van der Waals surface area contributed by atoms with E-state index in [4.69, 9.17) is 22.3 Å². The molecule has 2 aromatic heterocycles. The molecule has 3 N–H and O–H groups in total. The van der Waals surface area contributed by atoms with Crippen LogP contribution in [0.4, 0.5) is 11.6 Å². The molecule has 3 aromatic carbocycles. The van der Waals surface area contributed by atoms with Gasteiger partial charge in [-0.05, 0) is 42.3 Å². The Bertz CT molecular complexity index is 1740. The van der Waals surface area contributed by atoms with E-state index >= 15 is 0 Å². The van der Waals surface area contributed by atoms with Crippen LogP contribution in [0.25, 0.3) is 22.2 Å².